The second-order valence-electron chi connectivity index (χ2n) is 5.09. The number of ketones is 1. The molecule has 0 saturated carbocycles. The van der Waals surface area contributed by atoms with E-state index in [0.717, 1.165) is 36.1 Å². The second-order valence-corrected chi connectivity index (χ2v) is 5.09. The van der Waals surface area contributed by atoms with Crippen molar-refractivity contribution in [3.05, 3.63) is 46.6 Å². The third-order valence-corrected chi connectivity index (χ3v) is 3.87. The van der Waals surface area contributed by atoms with Gasteiger partial charge in [0, 0.05) is 11.1 Å². The van der Waals surface area contributed by atoms with Crippen LogP contribution in [0.5, 0.6) is 0 Å². The molecule has 2 aromatic rings. The third kappa shape index (κ3) is 2.14. The number of Topliss-reactive ketones (excluding diaryl/α,β-unsaturated/α-hetero) is 1. The minimum atomic E-state index is 0.0979. The van der Waals surface area contributed by atoms with Gasteiger partial charge in [0.25, 0.3) is 0 Å². The number of benzene rings is 1. The Morgan fingerprint density at radius 1 is 1.37 bits per heavy atom. The standard InChI is InChI=1S/C15H16N2O2/c1-9(18)10-2-4-11(5-3-10)12-6-7-14-13(8-12)15(16)19-17-14/h2-5,12H,6-8,16H2,1H3. The zero-order chi connectivity index (χ0) is 13.4. The van der Waals surface area contributed by atoms with Crippen molar-refractivity contribution in [2.75, 3.05) is 5.73 Å². The summed E-state index contributed by atoms with van der Waals surface area (Å²) >= 11 is 0. The molecule has 0 bridgehead atoms. The molecule has 1 unspecified atom stereocenters. The van der Waals surface area contributed by atoms with Crippen LogP contribution in [0.4, 0.5) is 5.88 Å². The Labute approximate surface area is 111 Å². The average Bonchev–Trinajstić information content (AvgIpc) is 2.80. The van der Waals surface area contributed by atoms with Crippen molar-refractivity contribution in [1.82, 2.24) is 5.16 Å². The Hall–Kier alpha value is -2.10. The van der Waals surface area contributed by atoms with Crippen molar-refractivity contribution in [3.63, 3.8) is 0 Å². The van der Waals surface area contributed by atoms with E-state index in [-0.39, 0.29) is 5.78 Å². The van der Waals surface area contributed by atoms with Gasteiger partial charge in [-0.05, 0) is 37.7 Å². The highest BCUT2D eigenvalue weighted by molar-refractivity contribution is 5.94. The lowest BCUT2D eigenvalue weighted by Gasteiger charge is -2.21. The molecule has 0 spiro atoms. The number of fused-ring (bicyclic) bond motifs is 1. The fourth-order valence-corrected chi connectivity index (χ4v) is 2.71. The lowest BCUT2D eigenvalue weighted by molar-refractivity contribution is 0.101. The molecule has 1 aromatic carbocycles. The smallest absolute Gasteiger partial charge is 0.225 e. The molecule has 4 heteroatoms. The van der Waals surface area contributed by atoms with E-state index in [1.165, 1.54) is 5.56 Å². The summed E-state index contributed by atoms with van der Waals surface area (Å²) in [4.78, 5) is 11.3. The summed E-state index contributed by atoms with van der Waals surface area (Å²) in [6.07, 6.45) is 2.80. The first-order valence-corrected chi connectivity index (χ1v) is 6.49. The van der Waals surface area contributed by atoms with E-state index in [9.17, 15) is 4.79 Å². The van der Waals surface area contributed by atoms with Crippen LogP contribution < -0.4 is 5.73 Å². The predicted octanol–water partition coefficient (Wildman–Crippen LogP) is 2.73. The van der Waals surface area contributed by atoms with Crippen molar-refractivity contribution in [3.8, 4) is 0 Å². The van der Waals surface area contributed by atoms with Crippen molar-refractivity contribution >= 4 is 11.7 Å². The molecule has 1 aromatic heterocycles. The van der Waals surface area contributed by atoms with E-state index in [2.05, 4.69) is 5.16 Å². The number of carbonyl (C=O) groups excluding carboxylic acids is 1. The molecular formula is C15H16N2O2. The zero-order valence-corrected chi connectivity index (χ0v) is 10.8. The topological polar surface area (TPSA) is 69.1 Å². The van der Waals surface area contributed by atoms with Gasteiger partial charge in [0.15, 0.2) is 5.78 Å². The Balaban J connectivity index is 1.84. The molecule has 19 heavy (non-hydrogen) atoms. The van der Waals surface area contributed by atoms with Crippen LogP contribution in [-0.4, -0.2) is 10.9 Å². The third-order valence-electron chi connectivity index (χ3n) is 3.87. The van der Waals surface area contributed by atoms with Gasteiger partial charge in [-0.2, -0.15) is 0 Å². The fourth-order valence-electron chi connectivity index (χ4n) is 2.71. The Morgan fingerprint density at radius 2 is 2.11 bits per heavy atom. The summed E-state index contributed by atoms with van der Waals surface area (Å²) in [6, 6.07) is 7.86. The quantitative estimate of drug-likeness (QED) is 0.839. The number of nitrogens with zero attached hydrogens (tertiary/aromatic N) is 1. The fraction of sp³-hybridized carbons (Fsp3) is 0.333. The first-order valence-electron chi connectivity index (χ1n) is 6.49. The molecule has 0 amide bonds. The van der Waals surface area contributed by atoms with Gasteiger partial charge in [0.2, 0.25) is 5.88 Å². The number of nitrogens with two attached hydrogens (primary N) is 1. The second kappa shape index (κ2) is 4.53. The van der Waals surface area contributed by atoms with Crippen molar-refractivity contribution < 1.29 is 9.32 Å². The van der Waals surface area contributed by atoms with Crippen LogP contribution >= 0.6 is 0 Å². The molecule has 0 radical (unpaired) electrons. The summed E-state index contributed by atoms with van der Waals surface area (Å²) in [5, 5.41) is 3.98. The Morgan fingerprint density at radius 3 is 2.79 bits per heavy atom. The molecule has 98 valence electrons. The van der Waals surface area contributed by atoms with Gasteiger partial charge in [-0.25, -0.2) is 0 Å². The zero-order valence-electron chi connectivity index (χ0n) is 10.8. The van der Waals surface area contributed by atoms with E-state index < -0.39 is 0 Å². The van der Waals surface area contributed by atoms with Crippen LogP contribution in [0, 0.1) is 0 Å². The molecular weight excluding hydrogens is 240 g/mol. The summed E-state index contributed by atoms with van der Waals surface area (Å²) in [5.74, 6) is 0.969. The number of nitrogen functional groups attached to an aromatic ring is 1. The van der Waals surface area contributed by atoms with Crippen molar-refractivity contribution in [1.29, 1.82) is 0 Å². The van der Waals surface area contributed by atoms with E-state index in [0.29, 0.717) is 11.8 Å². The number of anilines is 1. The molecule has 1 atom stereocenters. The molecule has 1 aliphatic rings. The van der Waals surface area contributed by atoms with Gasteiger partial charge >= 0.3 is 0 Å². The summed E-state index contributed by atoms with van der Waals surface area (Å²) in [5.41, 5.74) is 9.84. The molecule has 4 nitrogen and oxygen atoms in total. The maximum absolute atomic E-state index is 11.3. The number of aryl methyl sites for hydroxylation is 1. The van der Waals surface area contributed by atoms with Gasteiger partial charge in [0.05, 0.1) is 5.69 Å². The van der Waals surface area contributed by atoms with E-state index in [1.54, 1.807) is 6.92 Å². The van der Waals surface area contributed by atoms with E-state index >= 15 is 0 Å². The van der Waals surface area contributed by atoms with Gasteiger partial charge in [-0.1, -0.05) is 29.4 Å². The summed E-state index contributed by atoms with van der Waals surface area (Å²) in [6.45, 7) is 1.58. The Bertz CT molecular complexity index is 614. The maximum atomic E-state index is 11.3. The first kappa shape index (κ1) is 12.0. The Kier molecular flexibility index (Phi) is 2.85. The van der Waals surface area contributed by atoms with Gasteiger partial charge in [0.1, 0.15) is 0 Å². The molecule has 2 N–H and O–H groups in total. The van der Waals surface area contributed by atoms with Crippen molar-refractivity contribution in [2.45, 2.75) is 32.1 Å². The van der Waals surface area contributed by atoms with Crippen LogP contribution in [0.3, 0.4) is 0 Å². The minimum absolute atomic E-state index is 0.0979. The number of hydrogen-bond acceptors (Lipinski definition) is 4. The number of carbonyl (C=O) groups is 1. The first-order chi connectivity index (χ1) is 9.15. The normalized spacial score (nSPS) is 18.1. The summed E-state index contributed by atoms with van der Waals surface area (Å²) < 4.78 is 5.04. The number of hydrogen-bond donors (Lipinski definition) is 1. The summed E-state index contributed by atoms with van der Waals surface area (Å²) in [7, 11) is 0. The van der Waals surface area contributed by atoms with Gasteiger partial charge < -0.3 is 10.3 Å². The predicted molar refractivity (Wildman–Crippen MR) is 72.1 cm³/mol. The lowest BCUT2D eigenvalue weighted by Crippen LogP contribution is -2.13. The SMILES string of the molecule is CC(=O)c1ccc(C2CCc3noc(N)c3C2)cc1. The maximum Gasteiger partial charge on any atom is 0.225 e. The average molecular weight is 256 g/mol. The molecule has 1 aliphatic carbocycles. The van der Waals surface area contributed by atoms with Crippen LogP contribution in [0.1, 0.15) is 46.4 Å². The number of rotatable bonds is 2. The highest BCUT2D eigenvalue weighted by Gasteiger charge is 2.25. The number of aromatic nitrogens is 1. The van der Waals surface area contributed by atoms with Crippen LogP contribution in [-0.2, 0) is 12.8 Å². The molecule has 0 aliphatic heterocycles. The molecule has 1 heterocycles. The van der Waals surface area contributed by atoms with E-state index in [4.69, 9.17) is 10.3 Å². The lowest BCUT2D eigenvalue weighted by atomic mass is 9.82. The minimum Gasteiger partial charge on any atom is -0.367 e. The van der Waals surface area contributed by atoms with Crippen molar-refractivity contribution in [2.24, 2.45) is 0 Å². The monoisotopic (exact) mass is 256 g/mol. The van der Waals surface area contributed by atoms with Gasteiger partial charge in [-0.15, -0.1) is 0 Å². The van der Waals surface area contributed by atoms with Gasteiger partial charge in [-0.3, -0.25) is 4.79 Å². The van der Waals surface area contributed by atoms with E-state index in [1.807, 2.05) is 24.3 Å². The molecule has 0 saturated heterocycles. The van der Waals surface area contributed by atoms with Crippen LogP contribution in [0.2, 0.25) is 0 Å². The van der Waals surface area contributed by atoms with Crippen LogP contribution in [0.15, 0.2) is 28.8 Å². The molecule has 0 fully saturated rings. The molecule has 3 rings (SSSR count). The van der Waals surface area contributed by atoms with Crippen LogP contribution in [0.25, 0.3) is 0 Å². The highest BCUT2D eigenvalue weighted by atomic mass is 16.5. The largest absolute Gasteiger partial charge is 0.367 e. The highest BCUT2D eigenvalue weighted by Crippen LogP contribution is 2.34.